The number of hydrogen-bond donors (Lipinski definition) is 2. The minimum Gasteiger partial charge on any atom is -0.347 e. The van der Waals surface area contributed by atoms with Crippen LogP contribution in [0.25, 0.3) is 0 Å². The predicted molar refractivity (Wildman–Crippen MR) is 113 cm³/mol. The largest absolute Gasteiger partial charge is 0.416 e. The van der Waals surface area contributed by atoms with Crippen LogP contribution in [0.4, 0.5) is 19.0 Å². The molecule has 0 bridgehead atoms. The lowest BCUT2D eigenvalue weighted by Crippen LogP contribution is -2.49. The summed E-state index contributed by atoms with van der Waals surface area (Å²) in [5.74, 6) is 0.743. The summed E-state index contributed by atoms with van der Waals surface area (Å²) in [5.41, 5.74) is 2.26. The number of alkyl halides is 3. The number of benzene rings is 1. The number of nitrogens with zero attached hydrogens (tertiary/aromatic N) is 2. The van der Waals surface area contributed by atoms with Crippen LogP contribution in [0.5, 0.6) is 0 Å². The van der Waals surface area contributed by atoms with Crippen LogP contribution in [0.2, 0.25) is 0 Å². The maximum atomic E-state index is 12.7. The summed E-state index contributed by atoms with van der Waals surface area (Å²) in [5, 5.41) is 7.30. The van der Waals surface area contributed by atoms with Crippen molar-refractivity contribution in [3.8, 4) is 0 Å². The summed E-state index contributed by atoms with van der Waals surface area (Å²) < 4.78 is 38.0. The van der Waals surface area contributed by atoms with E-state index in [9.17, 15) is 13.2 Å². The van der Waals surface area contributed by atoms with Crippen molar-refractivity contribution in [2.45, 2.75) is 45.5 Å². The highest BCUT2D eigenvalue weighted by Crippen LogP contribution is 2.29. The third-order valence-corrected chi connectivity index (χ3v) is 5.28. The van der Waals surface area contributed by atoms with E-state index in [-0.39, 0.29) is 6.04 Å². The molecule has 2 aromatic rings. The van der Waals surface area contributed by atoms with Gasteiger partial charge in [-0.25, -0.2) is 4.98 Å². The van der Waals surface area contributed by atoms with Gasteiger partial charge in [-0.05, 0) is 74.3 Å². The third kappa shape index (κ3) is 6.14. The number of rotatable bonds is 4. The number of halogens is 3. The van der Waals surface area contributed by atoms with Gasteiger partial charge in [-0.15, -0.1) is 0 Å². The van der Waals surface area contributed by atoms with E-state index in [1.54, 1.807) is 0 Å². The first kappa shape index (κ1) is 21.5. The van der Waals surface area contributed by atoms with Crippen molar-refractivity contribution in [1.82, 2.24) is 15.2 Å². The lowest BCUT2D eigenvalue weighted by Gasteiger charge is -2.35. The molecule has 2 heterocycles. The third-order valence-electron chi connectivity index (χ3n) is 4.92. The van der Waals surface area contributed by atoms with E-state index in [2.05, 4.69) is 20.5 Å². The van der Waals surface area contributed by atoms with Crippen molar-refractivity contribution in [3.05, 3.63) is 58.8 Å². The number of aryl methyl sites for hydroxylation is 2. The van der Waals surface area contributed by atoms with E-state index < -0.39 is 11.7 Å². The van der Waals surface area contributed by atoms with Gasteiger partial charge in [0.2, 0.25) is 0 Å². The first-order chi connectivity index (χ1) is 13.7. The lowest BCUT2D eigenvalue weighted by molar-refractivity contribution is -0.137. The monoisotopic (exact) mass is 422 g/mol. The van der Waals surface area contributed by atoms with Gasteiger partial charge in [0.05, 0.1) is 5.56 Å². The van der Waals surface area contributed by atoms with E-state index in [4.69, 9.17) is 12.2 Å². The van der Waals surface area contributed by atoms with Crippen LogP contribution in [0.3, 0.4) is 0 Å². The molecule has 1 aromatic carbocycles. The van der Waals surface area contributed by atoms with Crippen LogP contribution in [-0.4, -0.2) is 34.1 Å². The Hall–Kier alpha value is -2.19. The van der Waals surface area contributed by atoms with E-state index >= 15 is 0 Å². The molecule has 1 aromatic heterocycles. The first-order valence-electron chi connectivity index (χ1n) is 9.61. The second-order valence-corrected chi connectivity index (χ2v) is 7.85. The van der Waals surface area contributed by atoms with Crippen molar-refractivity contribution in [2.24, 2.45) is 0 Å². The molecule has 4 nitrogen and oxygen atoms in total. The summed E-state index contributed by atoms with van der Waals surface area (Å²) >= 11 is 5.56. The molecular weight excluding hydrogens is 397 g/mol. The molecule has 156 valence electrons. The van der Waals surface area contributed by atoms with Gasteiger partial charge in [0.25, 0.3) is 0 Å². The smallest absolute Gasteiger partial charge is 0.347 e. The zero-order valence-corrected chi connectivity index (χ0v) is 17.3. The molecule has 1 unspecified atom stereocenters. The molecule has 2 N–H and O–H groups in total. The maximum Gasteiger partial charge on any atom is 0.416 e. The Kier molecular flexibility index (Phi) is 6.74. The first-order valence-corrected chi connectivity index (χ1v) is 10.0. The molecule has 3 rings (SSSR count). The fraction of sp³-hybridized carbons (Fsp3) is 0.429. The molecule has 29 heavy (non-hydrogen) atoms. The molecule has 1 saturated heterocycles. The molecule has 1 fully saturated rings. The maximum absolute atomic E-state index is 12.7. The van der Waals surface area contributed by atoms with Gasteiger partial charge in [0.1, 0.15) is 5.82 Å². The Bertz CT molecular complexity index is 832. The van der Waals surface area contributed by atoms with Crippen molar-refractivity contribution >= 4 is 23.1 Å². The number of nitrogens with one attached hydrogen (secondary N) is 2. The Labute approximate surface area is 174 Å². The number of anilines is 1. The van der Waals surface area contributed by atoms with Crippen molar-refractivity contribution in [3.63, 3.8) is 0 Å². The predicted octanol–water partition coefficient (Wildman–Crippen LogP) is 4.67. The Morgan fingerprint density at radius 2 is 1.93 bits per heavy atom. The number of aromatic nitrogens is 1. The topological polar surface area (TPSA) is 40.2 Å². The Morgan fingerprint density at radius 1 is 1.21 bits per heavy atom. The highest BCUT2D eigenvalue weighted by Gasteiger charge is 2.30. The van der Waals surface area contributed by atoms with Crippen LogP contribution in [-0.2, 0) is 12.7 Å². The molecule has 1 atom stereocenters. The normalized spacial score (nSPS) is 17.3. The van der Waals surface area contributed by atoms with Gasteiger partial charge < -0.3 is 15.5 Å². The van der Waals surface area contributed by atoms with Gasteiger partial charge in [0.15, 0.2) is 5.11 Å². The van der Waals surface area contributed by atoms with Gasteiger partial charge in [-0.2, -0.15) is 13.2 Å². The molecule has 0 radical (unpaired) electrons. The van der Waals surface area contributed by atoms with Crippen LogP contribution >= 0.6 is 12.2 Å². The lowest BCUT2D eigenvalue weighted by atomic mass is 10.1. The number of thiocarbonyl (C=S) groups is 1. The highest BCUT2D eigenvalue weighted by atomic mass is 32.1. The average Bonchev–Trinajstić information content (AvgIpc) is 2.65. The molecule has 1 aliphatic rings. The van der Waals surface area contributed by atoms with Crippen molar-refractivity contribution < 1.29 is 13.2 Å². The van der Waals surface area contributed by atoms with Crippen molar-refractivity contribution in [2.75, 3.05) is 18.4 Å². The molecule has 0 saturated carbocycles. The molecule has 8 heteroatoms. The highest BCUT2D eigenvalue weighted by molar-refractivity contribution is 7.80. The minimum atomic E-state index is -4.30. The molecule has 1 aliphatic heterocycles. The van der Waals surface area contributed by atoms with Crippen LogP contribution in [0.1, 0.15) is 35.2 Å². The standard InChI is InChI=1S/C21H25F3N4S/c1-14-10-15(2)26-19(11-14)27-20(29)28-9-3-4-18(13-28)25-12-16-5-7-17(8-6-16)21(22,23)24/h5-8,10-11,18,25H,3-4,9,12-13H2,1-2H3,(H,26,27,29). The molecule has 0 amide bonds. The quantitative estimate of drug-likeness (QED) is 0.701. The Morgan fingerprint density at radius 3 is 2.59 bits per heavy atom. The molecular formula is C21H25F3N4S. The van der Waals surface area contributed by atoms with Crippen molar-refractivity contribution in [1.29, 1.82) is 0 Å². The molecule has 0 aliphatic carbocycles. The number of hydrogen-bond acceptors (Lipinski definition) is 3. The molecule has 0 spiro atoms. The van der Waals surface area contributed by atoms with Gasteiger partial charge in [-0.3, -0.25) is 0 Å². The minimum absolute atomic E-state index is 0.220. The summed E-state index contributed by atoms with van der Waals surface area (Å²) in [6.45, 7) is 6.11. The second-order valence-electron chi connectivity index (χ2n) is 7.46. The fourth-order valence-corrected chi connectivity index (χ4v) is 3.77. The number of piperidine rings is 1. The van der Waals surface area contributed by atoms with E-state index in [0.717, 1.165) is 60.7 Å². The van der Waals surface area contributed by atoms with Gasteiger partial charge >= 0.3 is 6.18 Å². The van der Waals surface area contributed by atoms with Gasteiger partial charge in [0, 0.05) is 31.4 Å². The van der Waals surface area contributed by atoms with Crippen LogP contribution < -0.4 is 10.6 Å². The SMILES string of the molecule is Cc1cc(C)nc(NC(=S)N2CCCC(NCc3ccc(C(F)(F)F)cc3)C2)c1. The second kappa shape index (κ2) is 9.09. The average molecular weight is 423 g/mol. The van der Waals surface area contributed by atoms with Gasteiger partial charge in [-0.1, -0.05) is 12.1 Å². The van der Waals surface area contributed by atoms with E-state index in [1.165, 1.54) is 12.1 Å². The summed E-state index contributed by atoms with van der Waals surface area (Å²) in [6.07, 6.45) is -2.31. The summed E-state index contributed by atoms with van der Waals surface area (Å²) in [7, 11) is 0. The zero-order valence-electron chi connectivity index (χ0n) is 16.5. The zero-order chi connectivity index (χ0) is 21.0. The van der Waals surface area contributed by atoms with E-state index in [1.807, 2.05) is 26.0 Å². The van der Waals surface area contributed by atoms with E-state index in [0.29, 0.717) is 11.7 Å². The fourth-order valence-electron chi connectivity index (χ4n) is 3.50. The number of likely N-dealkylation sites (tertiary alicyclic amines) is 1. The van der Waals surface area contributed by atoms with Crippen LogP contribution in [0, 0.1) is 13.8 Å². The Balaban J connectivity index is 1.53. The number of pyridine rings is 1. The summed E-state index contributed by atoms with van der Waals surface area (Å²) in [4.78, 5) is 6.58. The van der Waals surface area contributed by atoms with Crippen LogP contribution in [0.15, 0.2) is 36.4 Å². The summed E-state index contributed by atoms with van der Waals surface area (Å²) in [6, 6.07) is 9.49.